The Hall–Kier alpha value is -2.34. The molecule has 0 radical (unpaired) electrons. The van der Waals surface area contributed by atoms with E-state index in [4.69, 9.17) is 4.74 Å². The van der Waals surface area contributed by atoms with Gasteiger partial charge in [0, 0.05) is 17.6 Å². The van der Waals surface area contributed by atoms with Gasteiger partial charge in [-0.15, -0.1) is 0 Å². The van der Waals surface area contributed by atoms with Gasteiger partial charge in [-0.1, -0.05) is 17.7 Å². The van der Waals surface area contributed by atoms with Crippen molar-refractivity contribution in [3.63, 3.8) is 0 Å². The molecule has 0 saturated carbocycles. The maximum atomic E-state index is 12.8. The van der Waals surface area contributed by atoms with Gasteiger partial charge in [-0.05, 0) is 37.6 Å². The lowest BCUT2D eigenvalue weighted by Crippen LogP contribution is -2.12. The molecule has 0 saturated heterocycles. The number of aryl methyl sites for hydroxylation is 2. The van der Waals surface area contributed by atoms with Crippen molar-refractivity contribution < 1.29 is 13.2 Å². The van der Waals surface area contributed by atoms with Crippen LogP contribution in [0.15, 0.2) is 47.5 Å². The largest absolute Gasteiger partial charge is 0.481 e. The van der Waals surface area contributed by atoms with Crippen LogP contribution in [0, 0.1) is 13.8 Å². The van der Waals surface area contributed by atoms with Crippen LogP contribution in [-0.2, 0) is 10.0 Å². The second-order valence-electron chi connectivity index (χ2n) is 5.15. The molecule has 6 heteroatoms. The Kier molecular flexibility index (Phi) is 3.41. The fourth-order valence-electron chi connectivity index (χ4n) is 2.35. The van der Waals surface area contributed by atoms with Crippen molar-refractivity contribution in [1.82, 2.24) is 8.96 Å². The summed E-state index contributed by atoms with van der Waals surface area (Å²) >= 11 is 0. The smallest absolute Gasteiger partial charge is 0.269 e. The number of fused-ring (bicyclic) bond motifs is 1. The zero-order valence-corrected chi connectivity index (χ0v) is 13.4. The molecule has 0 bridgehead atoms. The molecule has 3 aromatic rings. The van der Waals surface area contributed by atoms with Crippen molar-refractivity contribution in [3.05, 3.63) is 53.7 Å². The summed E-state index contributed by atoms with van der Waals surface area (Å²) in [6, 6.07) is 10.3. The Bertz CT molecular complexity index is 941. The van der Waals surface area contributed by atoms with E-state index in [-0.39, 0.29) is 4.90 Å². The Morgan fingerprint density at radius 3 is 2.41 bits per heavy atom. The first-order valence-electron chi connectivity index (χ1n) is 6.78. The summed E-state index contributed by atoms with van der Waals surface area (Å²) in [5.41, 5.74) is 2.30. The van der Waals surface area contributed by atoms with Gasteiger partial charge in [-0.2, -0.15) is 4.98 Å². The normalized spacial score (nSPS) is 11.8. The topological polar surface area (TPSA) is 61.2 Å². The van der Waals surface area contributed by atoms with E-state index in [1.165, 1.54) is 17.3 Å². The highest BCUT2D eigenvalue weighted by molar-refractivity contribution is 7.90. The van der Waals surface area contributed by atoms with Gasteiger partial charge in [0.05, 0.1) is 12.0 Å². The predicted octanol–water partition coefficient (Wildman–Crippen LogP) is 2.90. The predicted molar refractivity (Wildman–Crippen MR) is 84.8 cm³/mol. The number of methoxy groups -OCH3 is 1. The molecular weight excluding hydrogens is 300 g/mol. The maximum Gasteiger partial charge on any atom is 0.269 e. The zero-order chi connectivity index (χ0) is 15.9. The highest BCUT2D eigenvalue weighted by Crippen LogP contribution is 2.26. The van der Waals surface area contributed by atoms with Crippen LogP contribution in [0.4, 0.5) is 0 Å². The minimum atomic E-state index is -3.68. The molecular formula is C16H16N2O3S. The number of hydrogen-bond acceptors (Lipinski definition) is 4. The Labute approximate surface area is 129 Å². The number of ether oxygens (including phenoxy) is 1. The van der Waals surface area contributed by atoms with E-state index >= 15 is 0 Å². The molecule has 2 aromatic heterocycles. The van der Waals surface area contributed by atoms with E-state index in [9.17, 15) is 8.42 Å². The SMILES string of the molecule is COc1cc(C)c2ccn(S(=O)(=O)c3ccc(C)cc3)c2n1. The van der Waals surface area contributed by atoms with Gasteiger partial charge in [-0.25, -0.2) is 12.4 Å². The van der Waals surface area contributed by atoms with Crippen LogP contribution in [-0.4, -0.2) is 24.5 Å². The fraction of sp³-hybridized carbons (Fsp3) is 0.188. The van der Waals surface area contributed by atoms with Crippen LogP contribution in [0.25, 0.3) is 11.0 Å². The van der Waals surface area contributed by atoms with E-state index in [1.807, 2.05) is 13.8 Å². The second-order valence-corrected chi connectivity index (χ2v) is 6.96. The van der Waals surface area contributed by atoms with Gasteiger partial charge in [-0.3, -0.25) is 0 Å². The standard InChI is InChI=1S/C16H16N2O3S/c1-11-4-6-13(7-5-11)22(19,20)18-9-8-14-12(2)10-15(21-3)17-16(14)18/h4-10H,1-3H3. The third-order valence-corrected chi connectivity index (χ3v) is 5.27. The van der Waals surface area contributed by atoms with Gasteiger partial charge in [0.25, 0.3) is 10.0 Å². The average Bonchev–Trinajstić information content (AvgIpc) is 2.92. The van der Waals surface area contributed by atoms with E-state index < -0.39 is 10.0 Å². The van der Waals surface area contributed by atoms with Crippen LogP contribution in [0.3, 0.4) is 0 Å². The lowest BCUT2D eigenvalue weighted by molar-refractivity contribution is 0.399. The van der Waals surface area contributed by atoms with Crippen LogP contribution in [0.5, 0.6) is 5.88 Å². The van der Waals surface area contributed by atoms with Gasteiger partial charge in [0.2, 0.25) is 5.88 Å². The summed E-state index contributed by atoms with van der Waals surface area (Å²) < 4.78 is 32.0. The van der Waals surface area contributed by atoms with Crippen LogP contribution in [0.1, 0.15) is 11.1 Å². The van der Waals surface area contributed by atoms with Crippen molar-refractivity contribution in [1.29, 1.82) is 0 Å². The first-order chi connectivity index (χ1) is 10.4. The summed E-state index contributed by atoms with van der Waals surface area (Å²) in [5, 5.41) is 0.788. The Morgan fingerprint density at radius 1 is 1.09 bits per heavy atom. The molecule has 3 rings (SSSR count). The summed E-state index contributed by atoms with van der Waals surface area (Å²) in [7, 11) is -2.17. The first-order valence-corrected chi connectivity index (χ1v) is 8.22. The number of nitrogens with zero attached hydrogens (tertiary/aromatic N) is 2. The summed E-state index contributed by atoms with van der Waals surface area (Å²) in [5.74, 6) is 0.393. The van der Waals surface area contributed by atoms with E-state index in [1.54, 1.807) is 36.4 Å². The number of pyridine rings is 1. The molecule has 0 aliphatic carbocycles. The van der Waals surface area contributed by atoms with Crippen molar-refractivity contribution >= 4 is 21.1 Å². The molecule has 0 atom stereocenters. The molecule has 1 aromatic carbocycles. The van der Waals surface area contributed by atoms with Crippen molar-refractivity contribution in [2.45, 2.75) is 18.7 Å². The summed E-state index contributed by atoms with van der Waals surface area (Å²) in [6.45, 7) is 3.81. The highest BCUT2D eigenvalue weighted by atomic mass is 32.2. The van der Waals surface area contributed by atoms with Gasteiger partial charge < -0.3 is 4.74 Å². The van der Waals surface area contributed by atoms with Gasteiger partial charge in [0.1, 0.15) is 0 Å². The first kappa shape index (κ1) is 14.6. The third-order valence-electron chi connectivity index (χ3n) is 3.59. The molecule has 0 fully saturated rings. The average molecular weight is 316 g/mol. The zero-order valence-electron chi connectivity index (χ0n) is 12.6. The lowest BCUT2D eigenvalue weighted by atomic mass is 10.2. The highest BCUT2D eigenvalue weighted by Gasteiger charge is 2.20. The molecule has 0 spiro atoms. The van der Waals surface area contributed by atoms with Crippen LogP contribution >= 0.6 is 0 Å². The Balaban J connectivity index is 2.25. The van der Waals surface area contributed by atoms with Crippen LogP contribution in [0.2, 0.25) is 0 Å². The van der Waals surface area contributed by atoms with E-state index in [0.717, 1.165) is 16.5 Å². The monoisotopic (exact) mass is 316 g/mol. The summed E-state index contributed by atoms with van der Waals surface area (Å²) in [4.78, 5) is 4.52. The quantitative estimate of drug-likeness (QED) is 0.745. The molecule has 0 aliphatic heterocycles. The van der Waals surface area contributed by atoms with Gasteiger partial charge in [0.15, 0.2) is 5.65 Å². The molecule has 0 unspecified atom stereocenters. The number of hydrogen-bond donors (Lipinski definition) is 0. The third kappa shape index (κ3) is 2.25. The Morgan fingerprint density at radius 2 is 1.77 bits per heavy atom. The molecule has 22 heavy (non-hydrogen) atoms. The molecule has 114 valence electrons. The lowest BCUT2D eigenvalue weighted by Gasteiger charge is -2.09. The molecule has 0 N–H and O–H groups in total. The second kappa shape index (κ2) is 5.14. The van der Waals surface area contributed by atoms with Crippen molar-refractivity contribution in [2.24, 2.45) is 0 Å². The molecule has 0 amide bonds. The minimum Gasteiger partial charge on any atom is -0.481 e. The fourth-order valence-corrected chi connectivity index (χ4v) is 3.64. The van der Waals surface area contributed by atoms with Gasteiger partial charge >= 0.3 is 0 Å². The number of aromatic nitrogens is 2. The minimum absolute atomic E-state index is 0.234. The summed E-state index contributed by atoms with van der Waals surface area (Å²) in [6.07, 6.45) is 1.53. The number of rotatable bonds is 3. The molecule has 5 nitrogen and oxygen atoms in total. The molecule has 0 aliphatic rings. The number of benzene rings is 1. The molecule has 2 heterocycles. The maximum absolute atomic E-state index is 12.8. The van der Waals surface area contributed by atoms with E-state index in [0.29, 0.717) is 11.5 Å². The van der Waals surface area contributed by atoms with Crippen LogP contribution < -0.4 is 4.74 Å². The van der Waals surface area contributed by atoms with Crippen molar-refractivity contribution in [3.8, 4) is 5.88 Å². The van der Waals surface area contributed by atoms with E-state index in [2.05, 4.69) is 4.98 Å². The van der Waals surface area contributed by atoms with Crippen molar-refractivity contribution in [2.75, 3.05) is 7.11 Å².